The average molecular weight is 375 g/mol. The Morgan fingerprint density at radius 3 is 2.11 bits per heavy atom. The zero-order chi connectivity index (χ0) is 20.1. The normalized spacial score (nSPS) is 10.2. The number of carbonyl (C=O) groups excluding carboxylic acids is 2. The lowest BCUT2D eigenvalue weighted by atomic mass is 10.1. The van der Waals surface area contributed by atoms with Crippen LogP contribution >= 0.6 is 0 Å². The van der Waals surface area contributed by atoms with Gasteiger partial charge in [-0.15, -0.1) is 0 Å². The van der Waals surface area contributed by atoms with Crippen LogP contribution in [-0.2, 0) is 0 Å². The zero-order valence-electron chi connectivity index (χ0n) is 15.9. The standard InChI is InChI=1S/C22H21N3O3/c1-14-10-15(2)12-18(11-14)25-22(27)20-13-16(8-9-23-20)21(26)24-17-4-6-19(28-3)7-5-17/h4-13H,1-3H3,(H,24,26)(H,25,27). The number of anilines is 2. The van der Waals surface area contributed by atoms with Crippen molar-refractivity contribution >= 4 is 23.2 Å². The van der Waals surface area contributed by atoms with Crippen molar-refractivity contribution in [3.63, 3.8) is 0 Å². The van der Waals surface area contributed by atoms with Crippen molar-refractivity contribution in [3.8, 4) is 5.75 Å². The molecule has 0 saturated heterocycles. The van der Waals surface area contributed by atoms with E-state index in [0.717, 1.165) is 11.1 Å². The van der Waals surface area contributed by atoms with Gasteiger partial charge in [0, 0.05) is 23.1 Å². The summed E-state index contributed by atoms with van der Waals surface area (Å²) in [6.45, 7) is 3.93. The summed E-state index contributed by atoms with van der Waals surface area (Å²) in [5.41, 5.74) is 3.94. The van der Waals surface area contributed by atoms with E-state index in [1.54, 1.807) is 37.4 Å². The molecule has 0 saturated carbocycles. The van der Waals surface area contributed by atoms with Crippen molar-refractivity contribution in [1.29, 1.82) is 0 Å². The van der Waals surface area contributed by atoms with Crippen LogP contribution in [-0.4, -0.2) is 23.9 Å². The molecular formula is C22H21N3O3. The van der Waals surface area contributed by atoms with Crippen molar-refractivity contribution < 1.29 is 14.3 Å². The lowest BCUT2D eigenvalue weighted by Gasteiger charge is -2.09. The Kier molecular flexibility index (Phi) is 5.69. The molecule has 0 unspecified atom stereocenters. The van der Waals surface area contributed by atoms with E-state index < -0.39 is 0 Å². The number of pyridine rings is 1. The van der Waals surface area contributed by atoms with Crippen LogP contribution in [0.25, 0.3) is 0 Å². The number of methoxy groups -OCH3 is 1. The third-order valence-electron chi connectivity index (χ3n) is 4.08. The van der Waals surface area contributed by atoms with Crippen molar-refractivity contribution in [3.05, 3.63) is 83.2 Å². The fourth-order valence-corrected chi connectivity index (χ4v) is 2.82. The number of amides is 2. The summed E-state index contributed by atoms with van der Waals surface area (Å²) in [4.78, 5) is 29.1. The first-order valence-electron chi connectivity index (χ1n) is 8.76. The Bertz CT molecular complexity index is 994. The van der Waals surface area contributed by atoms with Crippen LogP contribution in [0.15, 0.2) is 60.8 Å². The molecule has 2 aromatic carbocycles. The largest absolute Gasteiger partial charge is 0.497 e. The van der Waals surface area contributed by atoms with Crippen LogP contribution < -0.4 is 15.4 Å². The van der Waals surface area contributed by atoms with Gasteiger partial charge >= 0.3 is 0 Å². The maximum Gasteiger partial charge on any atom is 0.274 e. The molecule has 0 aliphatic carbocycles. The Morgan fingerprint density at radius 1 is 0.821 bits per heavy atom. The van der Waals surface area contributed by atoms with Gasteiger partial charge in [-0.2, -0.15) is 0 Å². The van der Waals surface area contributed by atoms with Gasteiger partial charge in [-0.25, -0.2) is 0 Å². The van der Waals surface area contributed by atoms with Crippen LogP contribution in [0.4, 0.5) is 11.4 Å². The van der Waals surface area contributed by atoms with Gasteiger partial charge in [0.1, 0.15) is 11.4 Å². The highest BCUT2D eigenvalue weighted by atomic mass is 16.5. The number of hydrogen-bond acceptors (Lipinski definition) is 4. The molecule has 3 aromatic rings. The lowest BCUT2D eigenvalue weighted by Crippen LogP contribution is -2.17. The SMILES string of the molecule is COc1ccc(NC(=O)c2ccnc(C(=O)Nc3cc(C)cc(C)c3)c2)cc1. The molecule has 1 heterocycles. The predicted molar refractivity (Wildman–Crippen MR) is 109 cm³/mol. The monoisotopic (exact) mass is 375 g/mol. The molecule has 2 amide bonds. The molecule has 0 fully saturated rings. The van der Waals surface area contributed by atoms with Gasteiger partial charge < -0.3 is 15.4 Å². The van der Waals surface area contributed by atoms with Crippen LogP contribution in [0.3, 0.4) is 0 Å². The van der Waals surface area contributed by atoms with Crippen LogP contribution in [0.2, 0.25) is 0 Å². The maximum atomic E-state index is 12.5. The van der Waals surface area contributed by atoms with E-state index in [2.05, 4.69) is 15.6 Å². The van der Waals surface area contributed by atoms with Gasteiger partial charge in [0.25, 0.3) is 11.8 Å². The molecule has 0 aliphatic rings. The highest BCUT2D eigenvalue weighted by Gasteiger charge is 2.13. The Morgan fingerprint density at radius 2 is 1.46 bits per heavy atom. The number of aromatic nitrogens is 1. The van der Waals surface area contributed by atoms with E-state index in [1.807, 2.05) is 32.0 Å². The first-order valence-corrected chi connectivity index (χ1v) is 8.76. The molecule has 0 aliphatic heterocycles. The Labute approximate surface area is 163 Å². The van der Waals surface area contributed by atoms with Crippen LogP contribution in [0.1, 0.15) is 32.0 Å². The van der Waals surface area contributed by atoms with Crippen molar-refractivity contribution in [2.24, 2.45) is 0 Å². The summed E-state index contributed by atoms with van der Waals surface area (Å²) in [6.07, 6.45) is 1.44. The molecule has 0 atom stereocenters. The van der Waals surface area contributed by atoms with E-state index in [-0.39, 0.29) is 17.5 Å². The third-order valence-corrected chi connectivity index (χ3v) is 4.08. The number of benzene rings is 2. The first-order chi connectivity index (χ1) is 13.4. The number of rotatable bonds is 5. The zero-order valence-corrected chi connectivity index (χ0v) is 15.9. The molecule has 6 heteroatoms. The third kappa shape index (κ3) is 4.73. The summed E-state index contributed by atoms with van der Waals surface area (Å²) in [7, 11) is 1.58. The average Bonchev–Trinajstić information content (AvgIpc) is 2.68. The highest BCUT2D eigenvalue weighted by Crippen LogP contribution is 2.17. The van der Waals surface area contributed by atoms with Crippen LogP contribution in [0, 0.1) is 13.8 Å². The second-order valence-corrected chi connectivity index (χ2v) is 6.44. The number of ether oxygens (including phenoxy) is 1. The maximum absolute atomic E-state index is 12.5. The quantitative estimate of drug-likeness (QED) is 0.700. The molecule has 3 rings (SSSR count). The molecule has 0 radical (unpaired) electrons. The second-order valence-electron chi connectivity index (χ2n) is 6.44. The van der Waals surface area contributed by atoms with Gasteiger partial charge in [0.2, 0.25) is 0 Å². The Hall–Kier alpha value is -3.67. The minimum absolute atomic E-state index is 0.168. The molecule has 0 spiro atoms. The molecular weight excluding hydrogens is 354 g/mol. The van der Waals surface area contributed by atoms with Gasteiger partial charge in [0.15, 0.2) is 0 Å². The molecule has 1 aromatic heterocycles. The number of nitrogens with one attached hydrogen (secondary N) is 2. The second kappa shape index (κ2) is 8.35. The minimum Gasteiger partial charge on any atom is -0.497 e. The summed E-state index contributed by atoms with van der Waals surface area (Å²) in [6, 6.07) is 15.8. The minimum atomic E-state index is -0.371. The van der Waals surface area contributed by atoms with E-state index in [4.69, 9.17) is 4.74 Å². The van der Waals surface area contributed by atoms with Crippen molar-refractivity contribution in [2.75, 3.05) is 17.7 Å². The van der Waals surface area contributed by atoms with Crippen LogP contribution in [0.5, 0.6) is 5.75 Å². The topological polar surface area (TPSA) is 80.3 Å². The van der Waals surface area contributed by atoms with Crippen molar-refractivity contribution in [1.82, 2.24) is 4.98 Å². The van der Waals surface area contributed by atoms with E-state index in [1.165, 1.54) is 12.3 Å². The number of carbonyl (C=O) groups is 2. The van der Waals surface area contributed by atoms with Gasteiger partial charge in [-0.05, 0) is 73.5 Å². The summed E-state index contributed by atoms with van der Waals surface area (Å²) < 4.78 is 5.10. The van der Waals surface area contributed by atoms with Gasteiger partial charge in [-0.1, -0.05) is 6.07 Å². The molecule has 2 N–H and O–H groups in total. The smallest absolute Gasteiger partial charge is 0.274 e. The summed E-state index contributed by atoms with van der Waals surface area (Å²) >= 11 is 0. The fraction of sp³-hybridized carbons (Fsp3) is 0.136. The molecule has 142 valence electrons. The van der Waals surface area contributed by atoms with E-state index >= 15 is 0 Å². The summed E-state index contributed by atoms with van der Waals surface area (Å²) in [5.74, 6) is 0.00404. The van der Waals surface area contributed by atoms with Gasteiger partial charge in [0.05, 0.1) is 7.11 Å². The molecule has 6 nitrogen and oxygen atoms in total. The molecule has 28 heavy (non-hydrogen) atoms. The van der Waals surface area contributed by atoms with Crippen molar-refractivity contribution in [2.45, 2.75) is 13.8 Å². The lowest BCUT2D eigenvalue weighted by molar-refractivity contribution is 0.102. The number of aryl methyl sites for hydroxylation is 2. The fourth-order valence-electron chi connectivity index (χ4n) is 2.82. The van der Waals surface area contributed by atoms with E-state index in [0.29, 0.717) is 22.7 Å². The number of hydrogen-bond donors (Lipinski definition) is 2. The predicted octanol–water partition coefficient (Wildman–Crippen LogP) is 4.21. The first kappa shape index (κ1) is 19.1. The number of nitrogens with zero attached hydrogens (tertiary/aromatic N) is 1. The summed E-state index contributed by atoms with van der Waals surface area (Å²) in [5, 5.41) is 5.61. The highest BCUT2D eigenvalue weighted by molar-refractivity contribution is 6.07. The van der Waals surface area contributed by atoms with Gasteiger partial charge in [-0.3, -0.25) is 14.6 Å². The Balaban J connectivity index is 1.73. The molecule has 0 bridgehead atoms. The van der Waals surface area contributed by atoms with E-state index in [9.17, 15) is 9.59 Å².